The summed E-state index contributed by atoms with van der Waals surface area (Å²) in [5.41, 5.74) is 3.15. The van der Waals surface area contributed by atoms with Crippen LogP contribution >= 0.6 is 0 Å². The van der Waals surface area contributed by atoms with Gasteiger partial charge >= 0.3 is 0 Å². The number of rotatable bonds is 7. The van der Waals surface area contributed by atoms with E-state index in [0.717, 1.165) is 44.0 Å². The van der Waals surface area contributed by atoms with Gasteiger partial charge in [-0.15, -0.1) is 0 Å². The number of nitrogens with one attached hydrogen (secondary N) is 2. The first-order valence-corrected chi connectivity index (χ1v) is 13.8. The van der Waals surface area contributed by atoms with Crippen LogP contribution in [-0.2, 0) is 22.7 Å². The number of amides is 2. The summed E-state index contributed by atoms with van der Waals surface area (Å²) in [6.07, 6.45) is -0.227. The highest BCUT2D eigenvalue weighted by Gasteiger charge is 2.57. The molecule has 7 rings (SSSR count). The van der Waals surface area contributed by atoms with Crippen molar-refractivity contribution in [2.24, 2.45) is 23.7 Å². The van der Waals surface area contributed by atoms with Gasteiger partial charge < -0.3 is 25.0 Å². The predicted molar refractivity (Wildman–Crippen MR) is 139 cm³/mol. The van der Waals surface area contributed by atoms with E-state index in [1.165, 1.54) is 5.56 Å². The number of ether oxygens (including phenoxy) is 2. The third-order valence-corrected chi connectivity index (χ3v) is 9.07. The largest absolute Gasteiger partial charge is 0.484 e. The lowest BCUT2D eigenvalue weighted by Gasteiger charge is -2.27. The second-order valence-electron chi connectivity index (χ2n) is 11.6. The van der Waals surface area contributed by atoms with Gasteiger partial charge in [0.2, 0.25) is 11.8 Å². The molecule has 2 N–H and O–H groups in total. The van der Waals surface area contributed by atoms with Gasteiger partial charge in [0, 0.05) is 58.7 Å². The van der Waals surface area contributed by atoms with Crippen molar-refractivity contribution in [2.75, 3.05) is 32.8 Å². The van der Waals surface area contributed by atoms with E-state index in [2.05, 4.69) is 39.8 Å². The van der Waals surface area contributed by atoms with E-state index in [-0.39, 0.29) is 17.9 Å². The predicted octanol–water partition coefficient (Wildman–Crippen LogP) is 1.73. The number of piperidine rings is 2. The van der Waals surface area contributed by atoms with Crippen LogP contribution in [0.5, 0.6) is 11.6 Å². The van der Waals surface area contributed by atoms with Crippen molar-refractivity contribution < 1.29 is 19.1 Å². The molecule has 9 nitrogen and oxygen atoms in total. The van der Waals surface area contributed by atoms with Gasteiger partial charge in [0.15, 0.2) is 11.9 Å². The highest BCUT2D eigenvalue weighted by molar-refractivity contribution is 5.74. The maximum atomic E-state index is 12.4. The molecule has 4 heterocycles. The highest BCUT2D eigenvalue weighted by atomic mass is 16.6. The van der Waals surface area contributed by atoms with Crippen LogP contribution in [-0.4, -0.2) is 71.5 Å². The van der Waals surface area contributed by atoms with Crippen molar-refractivity contribution in [3.05, 3.63) is 53.2 Å². The van der Waals surface area contributed by atoms with Crippen LogP contribution in [0.2, 0.25) is 0 Å². The van der Waals surface area contributed by atoms with Gasteiger partial charge in [0.05, 0.1) is 12.2 Å². The summed E-state index contributed by atoms with van der Waals surface area (Å²) in [4.78, 5) is 32.9. The average Bonchev–Trinajstić information content (AvgIpc) is 3.54. The van der Waals surface area contributed by atoms with Crippen LogP contribution in [0.1, 0.15) is 36.8 Å². The fourth-order valence-electron chi connectivity index (χ4n) is 6.98. The lowest BCUT2D eigenvalue weighted by molar-refractivity contribution is -0.130. The summed E-state index contributed by atoms with van der Waals surface area (Å²) >= 11 is 0. The number of carbonyl (C=O) groups excluding carboxylic acids is 2. The van der Waals surface area contributed by atoms with Crippen molar-refractivity contribution in [1.29, 1.82) is 0 Å². The number of nitrogens with zero attached hydrogens (tertiary/aromatic N) is 3. The SMILES string of the molecule is CC(=O)NC1C2CN(Cc3ccc(C4COc5ccc(CN(C(C)=O)C6C7CNCC76)nc5O4)cc3)CC21. The molecule has 2 saturated heterocycles. The Morgan fingerprint density at radius 1 is 1.05 bits per heavy atom. The number of hydrogen-bond donors (Lipinski definition) is 2. The maximum absolute atomic E-state index is 12.4. The molecule has 5 atom stereocenters. The minimum atomic E-state index is -0.227. The number of likely N-dealkylation sites (tertiary alicyclic amines) is 1. The van der Waals surface area contributed by atoms with Gasteiger partial charge in [0.25, 0.3) is 5.88 Å². The standard InChI is InChI=1S/C29H35N5O4/c1-16(35)31-27-23-13-33(14-24(23)27)11-18-3-5-19(6-4-18)26-15-37-25-8-7-20(32-29(25)38-26)12-34(17(2)36)28-21-9-30-10-22(21)28/h3-8,21-24,26-28,30H,9-15H2,1-2H3,(H,31,35). The maximum Gasteiger partial charge on any atom is 0.258 e. The molecule has 200 valence electrons. The molecular formula is C29H35N5O4. The van der Waals surface area contributed by atoms with Gasteiger partial charge in [-0.25, -0.2) is 4.98 Å². The van der Waals surface area contributed by atoms with Gasteiger partial charge in [-0.2, -0.15) is 0 Å². The molecule has 38 heavy (non-hydrogen) atoms. The summed E-state index contributed by atoms with van der Waals surface area (Å²) in [6.45, 7) is 9.16. The molecule has 4 fully saturated rings. The van der Waals surface area contributed by atoms with E-state index >= 15 is 0 Å². The Kier molecular flexibility index (Phi) is 5.81. The average molecular weight is 518 g/mol. The Bertz CT molecular complexity index is 1230. The third-order valence-electron chi connectivity index (χ3n) is 9.07. The molecule has 1 aromatic heterocycles. The molecule has 9 heteroatoms. The lowest BCUT2D eigenvalue weighted by Crippen LogP contribution is -2.36. The quantitative estimate of drug-likeness (QED) is 0.578. The Morgan fingerprint density at radius 3 is 2.47 bits per heavy atom. The molecule has 1 aromatic carbocycles. The van der Waals surface area contributed by atoms with Crippen LogP contribution < -0.4 is 20.1 Å². The second kappa shape index (κ2) is 9.24. The van der Waals surface area contributed by atoms with E-state index in [1.54, 1.807) is 13.8 Å². The fourth-order valence-corrected chi connectivity index (χ4v) is 6.98. The number of hydrogen-bond acceptors (Lipinski definition) is 7. The molecule has 2 amide bonds. The van der Waals surface area contributed by atoms with E-state index in [4.69, 9.17) is 14.5 Å². The minimum absolute atomic E-state index is 0.0747. The van der Waals surface area contributed by atoms with Crippen molar-refractivity contribution in [3.8, 4) is 11.6 Å². The number of pyridine rings is 1. The zero-order chi connectivity index (χ0) is 26.0. The molecule has 0 radical (unpaired) electrons. The first-order chi connectivity index (χ1) is 18.4. The first-order valence-electron chi connectivity index (χ1n) is 13.8. The smallest absolute Gasteiger partial charge is 0.258 e. The lowest BCUT2D eigenvalue weighted by atomic mass is 10.1. The summed E-state index contributed by atoms with van der Waals surface area (Å²) in [7, 11) is 0. The van der Waals surface area contributed by atoms with Gasteiger partial charge in [0.1, 0.15) is 6.61 Å². The molecule has 5 aliphatic rings. The normalized spacial score (nSPS) is 32.3. The zero-order valence-electron chi connectivity index (χ0n) is 21.9. The molecule has 2 aromatic rings. The fraction of sp³-hybridized carbons (Fsp3) is 0.552. The van der Waals surface area contributed by atoms with E-state index in [9.17, 15) is 9.59 Å². The van der Waals surface area contributed by atoms with Gasteiger partial charge in [-0.1, -0.05) is 24.3 Å². The Balaban J connectivity index is 0.964. The Labute approximate surface area is 222 Å². The Morgan fingerprint density at radius 2 is 1.79 bits per heavy atom. The number of carbonyl (C=O) groups is 2. The van der Waals surface area contributed by atoms with Crippen molar-refractivity contribution in [2.45, 2.75) is 45.1 Å². The number of aromatic nitrogens is 1. The zero-order valence-corrected chi connectivity index (χ0v) is 21.9. The monoisotopic (exact) mass is 517 g/mol. The number of fused-ring (bicyclic) bond motifs is 3. The Hall–Kier alpha value is -3.17. The minimum Gasteiger partial charge on any atom is -0.484 e. The van der Waals surface area contributed by atoms with Gasteiger partial charge in [-0.05, 0) is 46.9 Å². The summed E-state index contributed by atoms with van der Waals surface area (Å²) < 4.78 is 12.3. The molecule has 5 unspecified atom stereocenters. The number of benzene rings is 1. The van der Waals surface area contributed by atoms with Crippen molar-refractivity contribution >= 4 is 11.8 Å². The second-order valence-corrected chi connectivity index (χ2v) is 11.6. The van der Waals surface area contributed by atoms with Crippen LogP contribution in [0.25, 0.3) is 0 Å². The summed E-state index contributed by atoms with van der Waals surface area (Å²) in [5.74, 6) is 3.66. The first kappa shape index (κ1) is 23.9. The molecular weight excluding hydrogens is 482 g/mol. The van der Waals surface area contributed by atoms with E-state index < -0.39 is 0 Å². The van der Waals surface area contributed by atoms with E-state index in [1.807, 2.05) is 17.0 Å². The highest BCUT2D eigenvalue weighted by Crippen LogP contribution is 2.47. The van der Waals surface area contributed by atoms with Crippen LogP contribution in [0.4, 0.5) is 0 Å². The third kappa shape index (κ3) is 4.41. The van der Waals surface area contributed by atoms with Crippen LogP contribution in [0.15, 0.2) is 36.4 Å². The van der Waals surface area contributed by atoms with Gasteiger partial charge in [-0.3, -0.25) is 14.5 Å². The molecule has 0 bridgehead atoms. The molecule has 3 aliphatic heterocycles. The van der Waals surface area contributed by atoms with Crippen molar-refractivity contribution in [3.63, 3.8) is 0 Å². The molecule has 2 saturated carbocycles. The van der Waals surface area contributed by atoms with Crippen LogP contribution in [0, 0.1) is 23.7 Å². The molecule has 0 spiro atoms. The van der Waals surface area contributed by atoms with Crippen molar-refractivity contribution in [1.82, 2.24) is 25.4 Å². The van der Waals surface area contributed by atoms with Crippen LogP contribution in [0.3, 0.4) is 0 Å². The van der Waals surface area contributed by atoms with E-state index in [0.29, 0.717) is 60.5 Å². The summed E-state index contributed by atoms with van der Waals surface area (Å²) in [6, 6.07) is 13.1. The topological polar surface area (TPSA) is 96.0 Å². The summed E-state index contributed by atoms with van der Waals surface area (Å²) in [5, 5.41) is 6.47. The molecule has 2 aliphatic carbocycles.